The lowest BCUT2D eigenvalue weighted by molar-refractivity contribution is 0.201. The summed E-state index contributed by atoms with van der Waals surface area (Å²) in [7, 11) is 0. The van der Waals surface area contributed by atoms with Crippen molar-refractivity contribution in [3.05, 3.63) is 11.6 Å². The third-order valence-corrected chi connectivity index (χ3v) is 4.70. The second-order valence-corrected chi connectivity index (χ2v) is 5.89. The topological polar surface area (TPSA) is 0 Å². The van der Waals surface area contributed by atoms with Gasteiger partial charge in [-0.3, -0.25) is 0 Å². The molecule has 2 atom stereocenters. The molecule has 0 nitrogen and oxygen atoms in total. The first-order valence-corrected chi connectivity index (χ1v) is 7.58. The molecule has 0 heteroatoms. The highest BCUT2D eigenvalue weighted by Crippen LogP contribution is 2.39. The summed E-state index contributed by atoms with van der Waals surface area (Å²) in [4.78, 5) is 0. The van der Waals surface area contributed by atoms with Crippen molar-refractivity contribution < 1.29 is 0 Å². The number of fused-ring (bicyclic) bond motifs is 1. The van der Waals surface area contributed by atoms with Gasteiger partial charge in [-0.25, -0.2) is 0 Å². The van der Waals surface area contributed by atoms with Crippen molar-refractivity contribution in [1.29, 1.82) is 0 Å². The maximum atomic E-state index is 2.54. The van der Waals surface area contributed by atoms with Crippen LogP contribution in [0.3, 0.4) is 0 Å². The molecule has 0 radical (unpaired) electrons. The van der Waals surface area contributed by atoms with E-state index >= 15 is 0 Å². The minimum Gasteiger partial charge on any atom is -0.0853 e. The molecule has 0 aromatic rings. The molecule has 0 aliphatic heterocycles. The van der Waals surface area contributed by atoms with E-state index in [0.717, 1.165) is 11.8 Å². The Morgan fingerprint density at radius 1 is 0.938 bits per heavy atom. The molecule has 0 bridgehead atoms. The fourth-order valence-electron chi connectivity index (χ4n) is 3.68. The Kier molecular flexibility index (Phi) is 4.93. The lowest BCUT2D eigenvalue weighted by atomic mass is 9.72. The monoisotopic (exact) mass is 220 g/mol. The van der Waals surface area contributed by atoms with Gasteiger partial charge in [-0.05, 0) is 50.4 Å². The highest BCUT2D eigenvalue weighted by atomic mass is 14.3. The van der Waals surface area contributed by atoms with Gasteiger partial charge < -0.3 is 0 Å². The average Bonchev–Trinajstić information content (AvgIpc) is 2.29. The first-order chi connectivity index (χ1) is 7.90. The fraction of sp³-hybridized carbons (Fsp3) is 0.875. The second-order valence-electron chi connectivity index (χ2n) is 5.89. The van der Waals surface area contributed by atoms with Gasteiger partial charge in [0.25, 0.3) is 0 Å². The van der Waals surface area contributed by atoms with Gasteiger partial charge in [-0.2, -0.15) is 0 Å². The second kappa shape index (κ2) is 6.47. The van der Waals surface area contributed by atoms with Crippen LogP contribution in [0.4, 0.5) is 0 Å². The van der Waals surface area contributed by atoms with E-state index in [-0.39, 0.29) is 0 Å². The van der Waals surface area contributed by atoms with Crippen LogP contribution in [-0.4, -0.2) is 0 Å². The molecule has 2 aliphatic rings. The lowest BCUT2D eigenvalue weighted by Crippen LogP contribution is -2.21. The average molecular weight is 220 g/mol. The van der Waals surface area contributed by atoms with Crippen LogP contribution in [0.15, 0.2) is 11.6 Å². The van der Waals surface area contributed by atoms with E-state index in [4.69, 9.17) is 0 Å². The molecule has 0 N–H and O–H groups in total. The Bertz CT molecular complexity index is 226. The summed E-state index contributed by atoms with van der Waals surface area (Å²) in [6.45, 7) is 2.29. The minimum absolute atomic E-state index is 1.08. The van der Waals surface area contributed by atoms with Crippen LogP contribution in [0, 0.1) is 11.8 Å². The van der Waals surface area contributed by atoms with Gasteiger partial charge in [-0.15, -0.1) is 0 Å². The number of hydrogen-bond donors (Lipinski definition) is 0. The standard InChI is InChI=1S/C16H28/c1-2-3-7-14-8-6-11-15-9-4-5-10-16(15)13-12-14/h7,15-16H,2-6,8-13H2,1H3. The van der Waals surface area contributed by atoms with Gasteiger partial charge >= 0.3 is 0 Å². The van der Waals surface area contributed by atoms with E-state index in [1.165, 1.54) is 64.2 Å². The van der Waals surface area contributed by atoms with E-state index in [1.54, 1.807) is 12.0 Å². The van der Waals surface area contributed by atoms with E-state index in [1.807, 2.05) is 0 Å². The molecule has 92 valence electrons. The zero-order valence-corrected chi connectivity index (χ0v) is 11.0. The van der Waals surface area contributed by atoms with Crippen molar-refractivity contribution in [2.75, 3.05) is 0 Å². The summed E-state index contributed by atoms with van der Waals surface area (Å²) in [5.41, 5.74) is 1.78. The summed E-state index contributed by atoms with van der Waals surface area (Å²) in [6.07, 6.45) is 18.6. The fourth-order valence-corrected chi connectivity index (χ4v) is 3.68. The van der Waals surface area contributed by atoms with Gasteiger partial charge in [0.1, 0.15) is 0 Å². The molecule has 0 aromatic carbocycles. The van der Waals surface area contributed by atoms with E-state index in [2.05, 4.69) is 13.0 Å². The Hall–Kier alpha value is -0.260. The van der Waals surface area contributed by atoms with Crippen molar-refractivity contribution >= 4 is 0 Å². The summed E-state index contributed by atoms with van der Waals surface area (Å²) in [5, 5.41) is 0. The largest absolute Gasteiger partial charge is 0.0853 e. The third-order valence-electron chi connectivity index (χ3n) is 4.70. The lowest BCUT2D eigenvalue weighted by Gasteiger charge is -2.33. The molecule has 2 saturated carbocycles. The van der Waals surface area contributed by atoms with Crippen LogP contribution in [0.2, 0.25) is 0 Å². The molecule has 0 aromatic heterocycles. The van der Waals surface area contributed by atoms with Crippen LogP contribution in [0.5, 0.6) is 0 Å². The Morgan fingerprint density at radius 2 is 1.62 bits per heavy atom. The summed E-state index contributed by atoms with van der Waals surface area (Å²) in [6, 6.07) is 0. The van der Waals surface area contributed by atoms with Crippen molar-refractivity contribution in [2.24, 2.45) is 11.8 Å². The minimum atomic E-state index is 1.08. The van der Waals surface area contributed by atoms with Crippen LogP contribution in [-0.2, 0) is 0 Å². The normalized spacial score (nSPS) is 34.2. The predicted octanol–water partition coefficient (Wildman–Crippen LogP) is 5.48. The molecule has 0 spiro atoms. The third kappa shape index (κ3) is 3.37. The van der Waals surface area contributed by atoms with Crippen LogP contribution >= 0.6 is 0 Å². The summed E-state index contributed by atoms with van der Waals surface area (Å²) < 4.78 is 0. The maximum Gasteiger partial charge on any atom is -0.0318 e. The Morgan fingerprint density at radius 3 is 2.38 bits per heavy atom. The zero-order chi connectivity index (χ0) is 11.2. The van der Waals surface area contributed by atoms with Crippen molar-refractivity contribution in [3.63, 3.8) is 0 Å². The maximum absolute atomic E-state index is 2.54. The van der Waals surface area contributed by atoms with Gasteiger partial charge in [0.15, 0.2) is 0 Å². The first-order valence-electron chi connectivity index (χ1n) is 7.58. The van der Waals surface area contributed by atoms with Gasteiger partial charge in [0.2, 0.25) is 0 Å². The zero-order valence-electron chi connectivity index (χ0n) is 11.0. The van der Waals surface area contributed by atoms with E-state index in [0.29, 0.717) is 0 Å². The molecular formula is C16H28. The molecule has 16 heavy (non-hydrogen) atoms. The highest BCUT2D eigenvalue weighted by Gasteiger charge is 2.25. The molecule has 2 fully saturated rings. The molecule has 0 amide bonds. The SMILES string of the molecule is CCCC=C1CCCC2CCCCC2CC1. The van der Waals surface area contributed by atoms with Crippen LogP contribution in [0.1, 0.15) is 77.6 Å². The van der Waals surface area contributed by atoms with Crippen LogP contribution in [0.25, 0.3) is 0 Å². The number of rotatable bonds is 2. The molecule has 0 heterocycles. The Labute approximate surface area is 102 Å². The predicted molar refractivity (Wildman–Crippen MR) is 71.5 cm³/mol. The molecule has 2 unspecified atom stereocenters. The van der Waals surface area contributed by atoms with E-state index < -0.39 is 0 Å². The van der Waals surface area contributed by atoms with Crippen molar-refractivity contribution in [3.8, 4) is 0 Å². The Balaban J connectivity index is 1.88. The van der Waals surface area contributed by atoms with Crippen molar-refractivity contribution in [1.82, 2.24) is 0 Å². The molecular weight excluding hydrogens is 192 g/mol. The molecule has 2 aliphatic carbocycles. The smallest absolute Gasteiger partial charge is 0.0318 e. The van der Waals surface area contributed by atoms with E-state index in [9.17, 15) is 0 Å². The summed E-state index contributed by atoms with van der Waals surface area (Å²) in [5.74, 6) is 2.18. The number of hydrogen-bond acceptors (Lipinski definition) is 0. The highest BCUT2D eigenvalue weighted by molar-refractivity contribution is 5.03. The number of unbranched alkanes of at least 4 members (excludes halogenated alkanes) is 1. The van der Waals surface area contributed by atoms with Crippen LogP contribution < -0.4 is 0 Å². The summed E-state index contributed by atoms with van der Waals surface area (Å²) >= 11 is 0. The van der Waals surface area contributed by atoms with Gasteiger partial charge in [0, 0.05) is 0 Å². The quantitative estimate of drug-likeness (QED) is 0.540. The number of allylic oxidation sites excluding steroid dienone is 2. The van der Waals surface area contributed by atoms with Crippen molar-refractivity contribution in [2.45, 2.75) is 77.6 Å². The first kappa shape index (κ1) is 12.2. The molecule has 0 saturated heterocycles. The van der Waals surface area contributed by atoms with Gasteiger partial charge in [0.05, 0.1) is 0 Å². The molecule has 2 rings (SSSR count). The van der Waals surface area contributed by atoms with Gasteiger partial charge in [-0.1, -0.05) is 50.7 Å².